The van der Waals surface area contributed by atoms with Gasteiger partial charge in [-0.05, 0) is 55.5 Å². The van der Waals surface area contributed by atoms with Crippen LogP contribution in [0.1, 0.15) is 49.8 Å². The monoisotopic (exact) mass is 571 g/mol. The van der Waals surface area contributed by atoms with Crippen molar-refractivity contribution in [1.82, 2.24) is 24.8 Å². The van der Waals surface area contributed by atoms with Crippen LogP contribution in [0.3, 0.4) is 0 Å². The van der Waals surface area contributed by atoms with E-state index in [1.54, 1.807) is 24.3 Å². The van der Waals surface area contributed by atoms with E-state index in [4.69, 9.17) is 9.40 Å². The molecule has 1 saturated carbocycles. The first-order valence-corrected chi connectivity index (χ1v) is 14.9. The number of hydrogen-bond donors (Lipinski definition) is 2. The SMILES string of the molecule is CN(C(=O)NC1CCCCC1)c1ccc2c(c1)nc(NC(=O)C1CC=C(c3cnco3)S1)n2CCc1cccnc1. The third kappa shape index (κ3) is 6.14. The minimum Gasteiger partial charge on any atom is -0.443 e. The van der Waals surface area contributed by atoms with Crippen molar-refractivity contribution in [3.05, 3.63) is 72.7 Å². The first kappa shape index (κ1) is 27.1. The van der Waals surface area contributed by atoms with E-state index in [-0.39, 0.29) is 23.2 Å². The van der Waals surface area contributed by atoms with Crippen molar-refractivity contribution in [2.45, 2.75) is 62.8 Å². The van der Waals surface area contributed by atoms with Crippen LogP contribution in [0.15, 0.2) is 65.8 Å². The van der Waals surface area contributed by atoms with Crippen LogP contribution in [-0.2, 0) is 17.8 Å². The zero-order chi connectivity index (χ0) is 28.2. The number of aromatic nitrogens is 4. The lowest BCUT2D eigenvalue weighted by Crippen LogP contribution is -2.43. The molecule has 41 heavy (non-hydrogen) atoms. The van der Waals surface area contributed by atoms with E-state index in [2.05, 4.69) is 20.6 Å². The molecular weight excluding hydrogens is 538 g/mol. The fourth-order valence-corrected chi connectivity index (χ4v) is 6.46. The molecule has 1 aliphatic carbocycles. The normalized spacial score (nSPS) is 17.4. The Morgan fingerprint density at radius 3 is 2.80 bits per heavy atom. The minimum absolute atomic E-state index is 0.117. The standard InChI is InChI=1S/C30H33N7O3S/c1-36(30(39)33-21-7-3-2-4-8-21)22-9-10-24-23(16-22)34-29(37(24)15-13-20-6-5-14-31-17-20)35-28(38)27-12-11-26(41-27)25-18-32-19-40-25/h5-6,9-11,14,16-19,21,27H,2-4,7-8,12-13,15H2,1H3,(H,33,39)(H,34,35,38). The van der Waals surface area contributed by atoms with Gasteiger partial charge in [-0.15, -0.1) is 11.8 Å². The van der Waals surface area contributed by atoms with Gasteiger partial charge in [-0.2, -0.15) is 0 Å². The second kappa shape index (κ2) is 12.2. The Bertz CT molecular complexity index is 1550. The molecule has 0 spiro atoms. The van der Waals surface area contributed by atoms with Gasteiger partial charge in [-0.25, -0.2) is 14.8 Å². The highest BCUT2D eigenvalue weighted by molar-refractivity contribution is 8.09. The molecule has 1 aromatic carbocycles. The molecule has 1 atom stereocenters. The van der Waals surface area contributed by atoms with Crippen molar-refractivity contribution in [3.8, 4) is 0 Å². The third-order valence-electron chi connectivity index (χ3n) is 7.69. The van der Waals surface area contributed by atoms with Crippen LogP contribution in [-0.4, -0.2) is 49.8 Å². The van der Waals surface area contributed by atoms with Crippen LogP contribution in [0.4, 0.5) is 16.4 Å². The summed E-state index contributed by atoms with van der Waals surface area (Å²) in [5, 5.41) is 5.95. The van der Waals surface area contributed by atoms with E-state index in [1.807, 2.05) is 47.2 Å². The van der Waals surface area contributed by atoms with Crippen LogP contribution in [0.5, 0.6) is 0 Å². The van der Waals surface area contributed by atoms with Gasteiger partial charge in [-0.3, -0.25) is 20.0 Å². The Morgan fingerprint density at radius 2 is 2.02 bits per heavy atom. The number of benzene rings is 1. The van der Waals surface area contributed by atoms with Crippen molar-refractivity contribution >= 4 is 51.3 Å². The molecule has 0 radical (unpaired) electrons. The molecule has 2 aliphatic rings. The Hall–Kier alpha value is -4.12. The molecule has 1 unspecified atom stereocenters. The quantitative estimate of drug-likeness (QED) is 0.282. The zero-order valence-electron chi connectivity index (χ0n) is 23.0. The summed E-state index contributed by atoms with van der Waals surface area (Å²) in [6.45, 7) is 0.606. The summed E-state index contributed by atoms with van der Waals surface area (Å²) in [6, 6.07) is 9.86. The number of carbonyl (C=O) groups excluding carboxylic acids is 2. The van der Waals surface area contributed by atoms with Crippen molar-refractivity contribution in [2.24, 2.45) is 0 Å². The summed E-state index contributed by atoms with van der Waals surface area (Å²) in [6.07, 6.45) is 15.6. The molecule has 2 N–H and O–H groups in total. The molecule has 0 bridgehead atoms. The number of nitrogens with zero attached hydrogens (tertiary/aromatic N) is 5. The maximum absolute atomic E-state index is 13.4. The number of anilines is 2. The number of fused-ring (bicyclic) bond motifs is 1. The van der Waals surface area contributed by atoms with Gasteiger partial charge in [0.2, 0.25) is 11.9 Å². The van der Waals surface area contributed by atoms with Crippen LogP contribution < -0.4 is 15.5 Å². The second-order valence-electron chi connectivity index (χ2n) is 10.5. The number of rotatable bonds is 8. The lowest BCUT2D eigenvalue weighted by Gasteiger charge is -2.26. The third-order valence-corrected chi connectivity index (χ3v) is 9.01. The van der Waals surface area contributed by atoms with Crippen molar-refractivity contribution in [1.29, 1.82) is 0 Å². The van der Waals surface area contributed by atoms with E-state index in [0.717, 1.165) is 53.8 Å². The highest BCUT2D eigenvalue weighted by Gasteiger charge is 2.28. The molecule has 11 heteroatoms. The number of hydrogen-bond acceptors (Lipinski definition) is 7. The number of allylic oxidation sites excluding steroid dienone is 1. The van der Waals surface area contributed by atoms with E-state index in [0.29, 0.717) is 30.2 Å². The summed E-state index contributed by atoms with van der Waals surface area (Å²) in [7, 11) is 1.78. The number of urea groups is 1. The number of imidazole rings is 1. The maximum Gasteiger partial charge on any atom is 0.321 e. The van der Waals surface area contributed by atoms with Gasteiger partial charge in [0.25, 0.3) is 0 Å². The number of carbonyl (C=O) groups is 2. The fraction of sp³-hybridized carbons (Fsp3) is 0.367. The van der Waals surface area contributed by atoms with Crippen LogP contribution in [0, 0.1) is 0 Å². The number of amides is 3. The second-order valence-corrected chi connectivity index (χ2v) is 11.7. The molecule has 0 saturated heterocycles. The molecule has 6 rings (SSSR count). The van der Waals surface area contributed by atoms with Gasteiger partial charge in [0.15, 0.2) is 12.2 Å². The minimum atomic E-state index is -0.299. The summed E-state index contributed by atoms with van der Waals surface area (Å²) in [5.41, 5.74) is 3.43. The zero-order valence-corrected chi connectivity index (χ0v) is 23.8. The number of nitrogens with one attached hydrogen (secondary N) is 2. The molecule has 4 aromatic rings. The largest absolute Gasteiger partial charge is 0.443 e. The highest BCUT2D eigenvalue weighted by atomic mass is 32.2. The molecular formula is C30H33N7O3S. The first-order chi connectivity index (χ1) is 20.0. The number of pyridine rings is 1. The van der Waals surface area contributed by atoms with Gasteiger partial charge >= 0.3 is 6.03 Å². The number of thioether (sulfide) groups is 1. The summed E-state index contributed by atoms with van der Waals surface area (Å²) in [5.74, 6) is 1.02. The van der Waals surface area contributed by atoms with Crippen molar-refractivity contribution in [2.75, 3.05) is 17.3 Å². The fourth-order valence-electron chi connectivity index (χ4n) is 5.38. The number of aryl methyl sites for hydroxylation is 2. The predicted octanol–water partition coefficient (Wildman–Crippen LogP) is 5.63. The van der Waals surface area contributed by atoms with E-state index >= 15 is 0 Å². The Morgan fingerprint density at radius 1 is 1.15 bits per heavy atom. The van der Waals surface area contributed by atoms with Gasteiger partial charge in [0, 0.05) is 42.6 Å². The van der Waals surface area contributed by atoms with E-state index in [1.165, 1.54) is 24.6 Å². The lowest BCUT2D eigenvalue weighted by atomic mass is 9.96. The molecule has 3 aromatic heterocycles. The van der Waals surface area contributed by atoms with Gasteiger partial charge in [0.1, 0.15) is 0 Å². The van der Waals surface area contributed by atoms with Crippen LogP contribution in [0.2, 0.25) is 0 Å². The van der Waals surface area contributed by atoms with Gasteiger partial charge in [-0.1, -0.05) is 31.4 Å². The summed E-state index contributed by atoms with van der Waals surface area (Å²) >= 11 is 1.46. The van der Waals surface area contributed by atoms with Crippen LogP contribution in [0.25, 0.3) is 15.9 Å². The van der Waals surface area contributed by atoms with Crippen LogP contribution >= 0.6 is 11.8 Å². The molecule has 4 heterocycles. The maximum atomic E-state index is 13.4. The molecule has 1 fully saturated rings. The molecule has 212 valence electrons. The lowest BCUT2D eigenvalue weighted by molar-refractivity contribution is -0.115. The molecule has 10 nitrogen and oxygen atoms in total. The Kier molecular flexibility index (Phi) is 8.04. The first-order valence-electron chi connectivity index (χ1n) is 14.0. The molecule has 1 aliphatic heterocycles. The Labute approximate surface area is 242 Å². The van der Waals surface area contributed by atoms with E-state index in [9.17, 15) is 9.59 Å². The smallest absolute Gasteiger partial charge is 0.321 e. The topological polar surface area (TPSA) is 118 Å². The van der Waals surface area contributed by atoms with Crippen molar-refractivity contribution < 1.29 is 14.0 Å². The molecule has 3 amide bonds. The number of oxazole rings is 1. The van der Waals surface area contributed by atoms with E-state index < -0.39 is 0 Å². The van der Waals surface area contributed by atoms with Crippen molar-refractivity contribution in [3.63, 3.8) is 0 Å². The Balaban J connectivity index is 1.22. The van der Waals surface area contributed by atoms with Gasteiger partial charge in [0.05, 0.1) is 22.5 Å². The average molecular weight is 572 g/mol. The van der Waals surface area contributed by atoms with Gasteiger partial charge < -0.3 is 14.3 Å². The summed E-state index contributed by atoms with van der Waals surface area (Å²) in [4.78, 5) is 41.9. The summed E-state index contributed by atoms with van der Waals surface area (Å²) < 4.78 is 7.42. The highest BCUT2D eigenvalue weighted by Crippen LogP contribution is 2.39. The predicted molar refractivity (Wildman–Crippen MR) is 161 cm³/mol. The average Bonchev–Trinajstić information content (AvgIpc) is 3.77.